The highest BCUT2D eigenvalue weighted by molar-refractivity contribution is 5.63. The first-order valence-corrected chi connectivity index (χ1v) is 6.48. The first-order valence-electron chi connectivity index (χ1n) is 6.48. The third-order valence-electron chi connectivity index (χ3n) is 3.35. The van der Waals surface area contributed by atoms with E-state index in [2.05, 4.69) is 43.1 Å². The van der Waals surface area contributed by atoms with Gasteiger partial charge in [0.2, 0.25) is 0 Å². The molecule has 0 aliphatic carbocycles. The highest BCUT2D eigenvalue weighted by Crippen LogP contribution is 2.22. The van der Waals surface area contributed by atoms with Crippen LogP contribution in [0.1, 0.15) is 25.3 Å². The molecule has 3 rings (SSSR count). The SMILES string of the molecule is CC(C)c1ccc(-c2cn3cc(N)ccc3n2)cc1. The molecule has 19 heavy (non-hydrogen) atoms. The molecule has 3 nitrogen and oxygen atoms in total. The summed E-state index contributed by atoms with van der Waals surface area (Å²) in [5.41, 5.74) is 10.9. The van der Waals surface area contributed by atoms with Crippen molar-refractivity contribution in [3.05, 3.63) is 54.4 Å². The Hall–Kier alpha value is -2.29. The topological polar surface area (TPSA) is 43.3 Å². The summed E-state index contributed by atoms with van der Waals surface area (Å²) in [4.78, 5) is 4.61. The molecule has 0 atom stereocenters. The largest absolute Gasteiger partial charge is 0.398 e. The van der Waals surface area contributed by atoms with E-state index in [4.69, 9.17) is 5.73 Å². The Bertz CT molecular complexity index is 708. The zero-order valence-electron chi connectivity index (χ0n) is 11.2. The highest BCUT2D eigenvalue weighted by Gasteiger charge is 2.05. The molecule has 0 aliphatic rings. The molecular weight excluding hydrogens is 234 g/mol. The van der Waals surface area contributed by atoms with Crippen LogP contribution in [0.4, 0.5) is 5.69 Å². The van der Waals surface area contributed by atoms with Gasteiger partial charge in [0.1, 0.15) is 5.65 Å². The van der Waals surface area contributed by atoms with Crippen molar-refractivity contribution in [3.8, 4) is 11.3 Å². The molecule has 0 amide bonds. The molecule has 2 heterocycles. The van der Waals surface area contributed by atoms with Crippen LogP contribution in [0.25, 0.3) is 16.9 Å². The fraction of sp³-hybridized carbons (Fsp3) is 0.188. The molecule has 0 saturated heterocycles. The second kappa shape index (κ2) is 4.43. The molecule has 3 heteroatoms. The van der Waals surface area contributed by atoms with Crippen LogP contribution in [0.5, 0.6) is 0 Å². The van der Waals surface area contributed by atoms with Crippen molar-refractivity contribution in [1.82, 2.24) is 9.38 Å². The Balaban J connectivity index is 2.03. The number of anilines is 1. The molecule has 1 aromatic carbocycles. The van der Waals surface area contributed by atoms with Gasteiger partial charge in [-0.2, -0.15) is 0 Å². The van der Waals surface area contributed by atoms with Crippen LogP contribution >= 0.6 is 0 Å². The quantitative estimate of drug-likeness (QED) is 0.754. The molecule has 3 aromatic rings. The minimum absolute atomic E-state index is 0.551. The smallest absolute Gasteiger partial charge is 0.137 e. The number of benzene rings is 1. The summed E-state index contributed by atoms with van der Waals surface area (Å²) in [7, 11) is 0. The van der Waals surface area contributed by atoms with Gasteiger partial charge >= 0.3 is 0 Å². The van der Waals surface area contributed by atoms with E-state index in [0.717, 1.165) is 22.6 Å². The maximum Gasteiger partial charge on any atom is 0.137 e. The lowest BCUT2D eigenvalue weighted by atomic mass is 10.0. The fourth-order valence-corrected chi connectivity index (χ4v) is 2.19. The lowest BCUT2D eigenvalue weighted by molar-refractivity contribution is 0.867. The third kappa shape index (κ3) is 2.19. The van der Waals surface area contributed by atoms with Crippen molar-refractivity contribution in [2.24, 2.45) is 0 Å². The van der Waals surface area contributed by atoms with Crippen LogP contribution in [-0.2, 0) is 0 Å². The van der Waals surface area contributed by atoms with Crippen molar-refractivity contribution in [2.45, 2.75) is 19.8 Å². The second-order valence-corrected chi connectivity index (χ2v) is 5.13. The van der Waals surface area contributed by atoms with Gasteiger partial charge < -0.3 is 10.1 Å². The summed E-state index contributed by atoms with van der Waals surface area (Å²) in [6.45, 7) is 4.39. The number of hydrogen-bond donors (Lipinski definition) is 1. The number of imidazole rings is 1. The first kappa shape index (κ1) is 11.8. The molecule has 0 unspecified atom stereocenters. The van der Waals surface area contributed by atoms with Crippen LogP contribution in [0.15, 0.2) is 48.8 Å². The van der Waals surface area contributed by atoms with Gasteiger partial charge in [0, 0.05) is 23.6 Å². The Labute approximate surface area is 112 Å². The minimum atomic E-state index is 0.551. The van der Waals surface area contributed by atoms with Gasteiger partial charge in [-0.3, -0.25) is 0 Å². The van der Waals surface area contributed by atoms with Gasteiger partial charge in [0.15, 0.2) is 0 Å². The Morgan fingerprint density at radius 1 is 1.00 bits per heavy atom. The zero-order chi connectivity index (χ0) is 13.4. The summed E-state index contributed by atoms with van der Waals surface area (Å²) >= 11 is 0. The standard InChI is InChI=1S/C16H17N3/c1-11(2)12-3-5-13(6-4-12)15-10-19-9-14(17)7-8-16(19)18-15/h3-11H,17H2,1-2H3. The highest BCUT2D eigenvalue weighted by atomic mass is 15.0. The van der Waals surface area contributed by atoms with E-state index in [1.165, 1.54) is 5.56 Å². The normalized spacial score (nSPS) is 11.3. The van der Waals surface area contributed by atoms with Crippen molar-refractivity contribution in [1.29, 1.82) is 0 Å². The van der Waals surface area contributed by atoms with Crippen molar-refractivity contribution in [2.75, 3.05) is 5.73 Å². The predicted molar refractivity (Wildman–Crippen MR) is 79.1 cm³/mol. The van der Waals surface area contributed by atoms with Crippen LogP contribution < -0.4 is 5.73 Å². The van der Waals surface area contributed by atoms with E-state index in [9.17, 15) is 0 Å². The molecule has 0 spiro atoms. The number of nitrogen functional groups attached to an aromatic ring is 1. The van der Waals surface area contributed by atoms with Gasteiger partial charge in [0.25, 0.3) is 0 Å². The maximum atomic E-state index is 5.78. The number of fused-ring (bicyclic) bond motifs is 1. The molecule has 2 N–H and O–H groups in total. The van der Waals surface area contributed by atoms with E-state index in [0.29, 0.717) is 5.92 Å². The average Bonchev–Trinajstić information content (AvgIpc) is 2.81. The maximum absolute atomic E-state index is 5.78. The number of rotatable bonds is 2. The Kier molecular flexibility index (Phi) is 2.75. The summed E-state index contributed by atoms with van der Waals surface area (Å²) in [6.07, 6.45) is 3.89. The number of nitrogens with two attached hydrogens (primary N) is 1. The average molecular weight is 251 g/mol. The Morgan fingerprint density at radius 2 is 1.74 bits per heavy atom. The summed E-state index contributed by atoms with van der Waals surface area (Å²) in [5.74, 6) is 0.551. The van der Waals surface area contributed by atoms with Crippen LogP contribution in [-0.4, -0.2) is 9.38 Å². The lowest BCUT2D eigenvalue weighted by Gasteiger charge is -2.05. The van der Waals surface area contributed by atoms with Gasteiger partial charge in [0.05, 0.1) is 5.69 Å². The third-order valence-corrected chi connectivity index (χ3v) is 3.35. The summed E-state index contributed by atoms with van der Waals surface area (Å²) in [5, 5.41) is 0. The van der Waals surface area contributed by atoms with E-state index >= 15 is 0 Å². The van der Waals surface area contributed by atoms with Crippen LogP contribution in [0.2, 0.25) is 0 Å². The number of pyridine rings is 1. The van der Waals surface area contributed by atoms with Crippen LogP contribution in [0, 0.1) is 0 Å². The minimum Gasteiger partial charge on any atom is -0.398 e. The second-order valence-electron chi connectivity index (χ2n) is 5.13. The molecule has 96 valence electrons. The Morgan fingerprint density at radius 3 is 2.42 bits per heavy atom. The monoisotopic (exact) mass is 251 g/mol. The number of hydrogen-bond acceptors (Lipinski definition) is 2. The predicted octanol–water partition coefficient (Wildman–Crippen LogP) is 3.71. The zero-order valence-corrected chi connectivity index (χ0v) is 11.2. The van der Waals surface area contributed by atoms with Gasteiger partial charge in [-0.05, 0) is 23.6 Å². The molecule has 0 fully saturated rings. The van der Waals surface area contributed by atoms with Crippen molar-refractivity contribution < 1.29 is 0 Å². The molecule has 0 saturated carbocycles. The number of aromatic nitrogens is 2. The molecule has 0 radical (unpaired) electrons. The van der Waals surface area contributed by atoms with E-state index in [1.54, 1.807) is 0 Å². The van der Waals surface area contributed by atoms with E-state index < -0.39 is 0 Å². The summed E-state index contributed by atoms with van der Waals surface area (Å²) < 4.78 is 1.96. The fourth-order valence-electron chi connectivity index (χ4n) is 2.19. The molecule has 2 aromatic heterocycles. The van der Waals surface area contributed by atoms with Crippen molar-refractivity contribution >= 4 is 11.3 Å². The van der Waals surface area contributed by atoms with Gasteiger partial charge in [-0.15, -0.1) is 0 Å². The molecule has 0 aliphatic heterocycles. The van der Waals surface area contributed by atoms with E-state index in [1.807, 2.05) is 28.9 Å². The first-order chi connectivity index (χ1) is 9.13. The van der Waals surface area contributed by atoms with Gasteiger partial charge in [-0.25, -0.2) is 4.98 Å². The molecule has 0 bridgehead atoms. The van der Waals surface area contributed by atoms with E-state index in [-0.39, 0.29) is 0 Å². The summed E-state index contributed by atoms with van der Waals surface area (Å²) in [6, 6.07) is 12.4. The molecular formula is C16H17N3. The lowest BCUT2D eigenvalue weighted by Crippen LogP contribution is -1.88. The van der Waals surface area contributed by atoms with Crippen molar-refractivity contribution in [3.63, 3.8) is 0 Å². The van der Waals surface area contributed by atoms with Crippen LogP contribution in [0.3, 0.4) is 0 Å². The van der Waals surface area contributed by atoms with Gasteiger partial charge in [-0.1, -0.05) is 38.1 Å². The number of nitrogens with zero attached hydrogens (tertiary/aromatic N) is 2.